The minimum atomic E-state index is 0.804. The summed E-state index contributed by atoms with van der Waals surface area (Å²) in [5.41, 5.74) is 2.14. The Kier molecular flexibility index (Phi) is 3.61. The third-order valence-corrected chi connectivity index (χ3v) is 3.09. The van der Waals surface area contributed by atoms with E-state index in [9.17, 15) is 0 Å². The highest BCUT2D eigenvalue weighted by atomic mass is 16.5. The molecule has 0 atom stereocenters. The van der Waals surface area contributed by atoms with Gasteiger partial charge in [0.25, 0.3) is 0 Å². The van der Waals surface area contributed by atoms with E-state index in [0.717, 1.165) is 28.9 Å². The standard InChI is InChI=1S/C17H16N2O/c1-18-12-13-4-2-6-15(10-13)20-16-8-7-14-5-3-9-19-17(14)11-16/h2-11,18H,12H2,1H3. The molecule has 3 heteroatoms. The van der Waals surface area contributed by atoms with Crippen molar-refractivity contribution in [2.24, 2.45) is 0 Å². The van der Waals surface area contributed by atoms with E-state index >= 15 is 0 Å². The third kappa shape index (κ3) is 2.78. The Bertz CT molecular complexity index is 725. The van der Waals surface area contributed by atoms with Crippen molar-refractivity contribution in [3.63, 3.8) is 0 Å². The quantitative estimate of drug-likeness (QED) is 0.779. The Hall–Kier alpha value is -2.39. The minimum absolute atomic E-state index is 0.804. The molecule has 0 aliphatic carbocycles. The van der Waals surface area contributed by atoms with Crippen LogP contribution < -0.4 is 10.1 Å². The number of nitrogens with zero attached hydrogens (tertiary/aromatic N) is 1. The van der Waals surface area contributed by atoms with E-state index in [2.05, 4.69) is 16.4 Å². The molecular weight excluding hydrogens is 248 g/mol. The van der Waals surface area contributed by atoms with Crippen molar-refractivity contribution in [2.45, 2.75) is 6.54 Å². The summed E-state index contributed by atoms with van der Waals surface area (Å²) in [6, 6.07) is 18.0. The van der Waals surface area contributed by atoms with Gasteiger partial charge in [-0.15, -0.1) is 0 Å². The van der Waals surface area contributed by atoms with Crippen LogP contribution in [0, 0.1) is 0 Å². The van der Waals surface area contributed by atoms with Crippen molar-refractivity contribution in [3.05, 3.63) is 66.4 Å². The topological polar surface area (TPSA) is 34.1 Å². The van der Waals surface area contributed by atoms with Gasteiger partial charge in [-0.3, -0.25) is 4.98 Å². The number of hydrogen-bond acceptors (Lipinski definition) is 3. The average molecular weight is 264 g/mol. The van der Waals surface area contributed by atoms with Gasteiger partial charge < -0.3 is 10.1 Å². The molecule has 0 unspecified atom stereocenters. The average Bonchev–Trinajstić information content (AvgIpc) is 2.48. The van der Waals surface area contributed by atoms with Crippen LogP contribution in [0.2, 0.25) is 0 Å². The van der Waals surface area contributed by atoms with Crippen LogP contribution >= 0.6 is 0 Å². The Morgan fingerprint density at radius 3 is 2.80 bits per heavy atom. The Morgan fingerprint density at radius 2 is 1.90 bits per heavy atom. The van der Waals surface area contributed by atoms with Gasteiger partial charge in [-0.05, 0) is 42.9 Å². The number of rotatable bonds is 4. The van der Waals surface area contributed by atoms with Gasteiger partial charge in [0.05, 0.1) is 5.52 Å². The lowest BCUT2D eigenvalue weighted by molar-refractivity contribution is 0.482. The van der Waals surface area contributed by atoms with E-state index in [1.807, 2.05) is 55.6 Å². The maximum atomic E-state index is 5.91. The fraction of sp³-hybridized carbons (Fsp3) is 0.118. The van der Waals surface area contributed by atoms with Crippen molar-refractivity contribution >= 4 is 10.9 Å². The highest BCUT2D eigenvalue weighted by molar-refractivity contribution is 5.79. The SMILES string of the molecule is CNCc1cccc(Oc2ccc3cccnc3c2)c1. The molecule has 0 saturated carbocycles. The largest absolute Gasteiger partial charge is 0.457 e. The molecule has 0 fully saturated rings. The van der Waals surface area contributed by atoms with E-state index in [4.69, 9.17) is 4.74 Å². The van der Waals surface area contributed by atoms with Crippen LogP contribution in [0.5, 0.6) is 11.5 Å². The molecule has 0 spiro atoms. The number of benzene rings is 2. The van der Waals surface area contributed by atoms with Gasteiger partial charge in [0.1, 0.15) is 11.5 Å². The van der Waals surface area contributed by atoms with Gasteiger partial charge >= 0.3 is 0 Å². The molecule has 3 rings (SSSR count). The summed E-state index contributed by atoms with van der Waals surface area (Å²) in [5, 5.41) is 4.25. The van der Waals surface area contributed by atoms with E-state index in [1.54, 1.807) is 6.20 Å². The van der Waals surface area contributed by atoms with Crippen LogP contribution in [0.3, 0.4) is 0 Å². The lowest BCUT2D eigenvalue weighted by Gasteiger charge is -2.08. The molecule has 0 radical (unpaired) electrons. The molecule has 2 aromatic carbocycles. The first-order chi connectivity index (χ1) is 9.85. The zero-order valence-electron chi connectivity index (χ0n) is 11.3. The second-order valence-electron chi connectivity index (χ2n) is 4.64. The number of ether oxygens (including phenoxy) is 1. The molecule has 1 N–H and O–H groups in total. The van der Waals surface area contributed by atoms with Crippen LogP contribution in [0.15, 0.2) is 60.8 Å². The summed E-state index contributed by atoms with van der Waals surface area (Å²) in [4.78, 5) is 4.34. The van der Waals surface area contributed by atoms with Gasteiger partial charge in [-0.25, -0.2) is 0 Å². The number of nitrogens with one attached hydrogen (secondary N) is 1. The van der Waals surface area contributed by atoms with Crippen molar-refractivity contribution in [1.29, 1.82) is 0 Å². The Labute approximate surface area is 118 Å². The fourth-order valence-electron chi connectivity index (χ4n) is 2.17. The molecule has 0 aliphatic rings. The van der Waals surface area contributed by atoms with Crippen LogP contribution in [-0.4, -0.2) is 12.0 Å². The second-order valence-corrected chi connectivity index (χ2v) is 4.64. The maximum Gasteiger partial charge on any atom is 0.129 e. The van der Waals surface area contributed by atoms with Crippen molar-refractivity contribution in [3.8, 4) is 11.5 Å². The monoisotopic (exact) mass is 264 g/mol. The molecule has 0 bridgehead atoms. The highest BCUT2D eigenvalue weighted by Crippen LogP contribution is 2.25. The highest BCUT2D eigenvalue weighted by Gasteiger charge is 2.01. The Balaban J connectivity index is 1.87. The molecule has 0 amide bonds. The van der Waals surface area contributed by atoms with Crippen LogP contribution in [0.4, 0.5) is 0 Å². The number of hydrogen-bond donors (Lipinski definition) is 1. The summed E-state index contributed by atoms with van der Waals surface area (Å²) < 4.78 is 5.91. The van der Waals surface area contributed by atoms with E-state index in [-0.39, 0.29) is 0 Å². The van der Waals surface area contributed by atoms with Gasteiger partial charge in [-0.1, -0.05) is 18.2 Å². The van der Waals surface area contributed by atoms with E-state index in [0.29, 0.717) is 0 Å². The zero-order valence-corrected chi connectivity index (χ0v) is 11.3. The molecule has 0 saturated heterocycles. The first-order valence-electron chi connectivity index (χ1n) is 6.61. The molecule has 3 nitrogen and oxygen atoms in total. The molecule has 20 heavy (non-hydrogen) atoms. The number of pyridine rings is 1. The predicted octanol–water partition coefficient (Wildman–Crippen LogP) is 3.75. The second kappa shape index (κ2) is 5.72. The van der Waals surface area contributed by atoms with Gasteiger partial charge in [0, 0.05) is 24.2 Å². The lowest BCUT2D eigenvalue weighted by Crippen LogP contribution is -2.04. The summed E-state index contributed by atoms with van der Waals surface area (Å²) in [7, 11) is 1.93. The minimum Gasteiger partial charge on any atom is -0.457 e. The molecule has 100 valence electrons. The summed E-state index contributed by atoms with van der Waals surface area (Å²) in [6.45, 7) is 0.830. The van der Waals surface area contributed by atoms with Crippen molar-refractivity contribution < 1.29 is 4.74 Å². The van der Waals surface area contributed by atoms with Gasteiger partial charge in [0.2, 0.25) is 0 Å². The smallest absolute Gasteiger partial charge is 0.129 e. The van der Waals surface area contributed by atoms with Gasteiger partial charge in [0.15, 0.2) is 0 Å². The predicted molar refractivity (Wildman–Crippen MR) is 81.0 cm³/mol. The lowest BCUT2D eigenvalue weighted by atomic mass is 10.2. The molecule has 3 aromatic rings. The fourth-order valence-corrected chi connectivity index (χ4v) is 2.17. The van der Waals surface area contributed by atoms with E-state index < -0.39 is 0 Å². The number of aromatic nitrogens is 1. The van der Waals surface area contributed by atoms with Crippen molar-refractivity contribution in [2.75, 3.05) is 7.05 Å². The molecule has 1 heterocycles. The van der Waals surface area contributed by atoms with Gasteiger partial charge in [-0.2, -0.15) is 0 Å². The number of fused-ring (bicyclic) bond motifs is 1. The first kappa shape index (κ1) is 12.6. The first-order valence-corrected chi connectivity index (χ1v) is 6.61. The van der Waals surface area contributed by atoms with Crippen molar-refractivity contribution in [1.82, 2.24) is 10.3 Å². The Morgan fingerprint density at radius 1 is 1.00 bits per heavy atom. The van der Waals surface area contributed by atoms with Crippen LogP contribution in [-0.2, 0) is 6.54 Å². The molecular formula is C17H16N2O. The van der Waals surface area contributed by atoms with Crippen LogP contribution in [0.25, 0.3) is 10.9 Å². The zero-order chi connectivity index (χ0) is 13.8. The molecule has 1 aromatic heterocycles. The summed E-state index contributed by atoms with van der Waals surface area (Å²) >= 11 is 0. The summed E-state index contributed by atoms with van der Waals surface area (Å²) in [5.74, 6) is 1.64. The normalized spacial score (nSPS) is 10.7. The van der Waals surface area contributed by atoms with Crippen LogP contribution in [0.1, 0.15) is 5.56 Å². The third-order valence-electron chi connectivity index (χ3n) is 3.09. The summed E-state index contributed by atoms with van der Waals surface area (Å²) in [6.07, 6.45) is 1.79. The molecule has 0 aliphatic heterocycles. The van der Waals surface area contributed by atoms with E-state index in [1.165, 1.54) is 5.56 Å². The maximum absolute atomic E-state index is 5.91.